The molecule has 0 spiro atoms. The Bertz CT molecular complexity index is 261. The molecule has 5 unspecified atom stereocenters. The van der Waals surface area contributed by atoms with E-state index in [9.17, 15) is 5.11 Å². The van der Waals surface area contributed by atoms with Crippen molar-refractivity contribution in [3.8, 4) is 0 Å². The molecular formula is C14H25NO. The van der Waals surface area contributed by atoms with Gasteiger partial charge >= 0.3 is 0 Å². The van der Waals surface area contributed by atoms with Crippen molar-refractivity contribution in [2.24, 2.45) is 23.7 Å². The summed E-state index contributed by atoms with van der Waals surface area (Å²) in [6, 6.07) is 0.776. The average Bonchev–Trinajstić information content (AvgIpc) is 2.86. The van der Waals surface area contributed by atoms with Gasteiger partial charge in [-0.2, -0.15) is 0 Å². The SMILES string of the molecule is CC(C)C(CO)NC(C)C1CC2C=CC1C2. The van der Waals surface area contributed by atoms with E-state index < -0.39 is 0 Å². The van der Waals surface area contributed by atoms with Gasteiger partial charge in [0.15, 0.2) is 0 Å². The van der Waals surface area contributed by atoms with E-state index in [-0.39, 0.29) is 12.6 Å². The lowest BCUT2D eigenvalue weighted by atomic mass is 9.86. The van der Waals surface area contributed by atoms with Crippen LogP contribution in [0.15, 0.2) is 12.2 Å². The van der Waals surface area contributed by atoms with Gasteiger partial charge in [-0.1, -0.05) is 26.0 Å². The Hall–Kier alpha value is -0.340. The zero-order chi connectivity index (χ0) is 11.7. The maximum absolute atomic E-state index is 9.34. The largest absolute Gasteiger partial charge is 0.395 e. The van der Waals surface area contributed by atoms with Gasteiger partial charge in [0.05, 0.1) is 6.61 Å². The standard InChI is InChI=1S/C14H25NO/c1-9(2)14(8-16)15-10(3)13-7-11-4-5-12(13)6-11/h4-5,9-16H,6-8H2,1-3H3. The summed E-state index contributed by atoms with van der Waals surface area (Å²) in [7, 11) is 0. The molecule has 0 radical (unpaired) electrons. The number of allylic oxidation sites excluding steroid dienone is 2. The van der Waals surface area contributed by atoms with Gasteiger partial charge in [0.1, 0.15) is 0 Å². The Balaban J connectivity index is 1.88. The molecule has 2 bridgehead atoms. The van der Waals surface area contributed by atoms with Crippen LogP contribution < -0.4 is 5.32 Å². The molecule has 1 fully saturated rings. The van der Waals surface area contributed by atoms with Crippen molar-refractivity contribution < 1.29 is 5.11 Å². The minimum atomic E-state index is 0.248. The van der Waals surface area contributed by atoms with E-state index in [0.717, 1.165) is 17.8 Å². The van der Waals surface area contributed by atoms with E-state index in [1.807, 2.05) is 0 Å². The van der Waals surface area contributed by atoms with Gasteiger partial charge in [-0.25, -0.2) is 0 Å². The molecule has 2 nitrogen and oxygen atoms in total. The zero-order valence-electron chi connectivity index (χ0n) is 10.7. The van der Waals surface area contributed by atoms with Gasteiger partial charge < -0.3 is 10.4 Å². The topological polar surface area (TPSA) is 32.3 Å². The highest BCUT2D eigenvalue weighted by molar-refractivity contribution is 5.11. The first-order chi connectivity index (χ1) is 7.61. The Labute approximate surface area is 99.1 Å². The van der Waals surface area contributed by atoms with Crippen LogP contribution in [0.25, 0.3) is 0 Å². The second-order valence-electron chi connectivity index (χ2n) is 5.93. The summed E-state index contributed by atoms with van der Waals surface area (Å²) in [6.07, 6.45) is 7.49. The van der Waals surface area contributed by atoms with Crippen LogP contribution in [0.3, 0.4) is 0 Å². The second kappa shape index (κ2) is 4.89. The van der Waals surface area contributed by atoms with Crippen LogP contribution in [0.1, 0.15) is 33.6 Å². The number of nitrogens with one attached hydrogen (secondary N) is 1. The molecule has 2 N–H and O–H groups in total. The number of rotatable bonds is 5. The molecule has 0 aromatic carbocycles. The molecule has 2 aliphatic carbocycles. The molecule has 1 saturated carbocycles. The summed E-state index contributed by atoms with van der Waals surface area (Å²) in [5.74, 6) is 2.91. The van der Waals surface area contributed by atoms with Crippen molar-refractivity contribution in [2.75, 3.05) is 6.61 Å². The molecule has 0 amide bonds. The molecule has 0 aliphatic heterocycles. The van der Waals surface area contributed by atoms with Crippen LogP contribution in [-0.4, -0.2) is 23.8 Å². The summed E-state index contributed by atoms with van der Waals surface area (Å²) in [6.45, 7) is 6.87. The first kappa shape index (κ1) is 12.1. The highest BCUT2D eigenvalue weighted by Crippen LogP contribution is 2.44. The third-order valence-corrected chi connectivity index (χ3v) is 4.45. The van der Waals surface area contributed by atoms with Gasteiger partial charge in [-0.05, 0) is 43.4 Å². The Morgan fingerprint density at radius 1 is 1.25 bits per heavy atom. The quantitative estimate of drug-likeness (QED) is 0.700. The van der Waals surface area contributed by atoms with Crippen molar-refractivity contribution in [3.63, 3.8) is 0 Å². The number of aliphatic hydroxyl groups is 1. The molecule has 0 saturated heterocycles. The first-order valence-electron chi connectivity index (χ1n) is 6.67. The predicted octanol–water partition coefficient (Wildman–Crippen LogP) is 2.19. The molecule has 2 aliphatic rings. The van der Waals surface area contributed by atoms with E-state index in [2.05, 4.69) is 38.2 Å². The molecular weight excluding hydrogens is 198 g/mol. The fourth-order valence-electron chi connectivity index (χ4n) is 3.32. The minimum Gasteiger partial charge on any atom is -0.395 e. The van der Waals surface area contributed by atoms with Crippen LogP contribution in [-0.2, 0) is 0 Å². The minimum absolute atomic E-state index is 0.248. The monoisotopic (exact) mass is 223 g/mol. The Kier molecular flexibility index (Phi) is 3.70. The summed E-state index contributed by atoms with van der Waals surface area (Å²) in [4.78, 5) is 0. The zero-order valence-corrected chi connectivity index (χ0v) is 10.7. The van der Waals surface area contributed by atoms with Gasteiger partial charge in [0.2, 0.25) is 0 Å². The van der Waals surface area contributed by atoms with Gasteiger partial charge in [0.25, 0.3) is 0 Å². The number of aliphatic hydroxyl groups excluding tert-OH is 1. The third kappa shape index (κ3) is 2.33. The van der Waals surface area contributed by atoms with E-state index >= 15 is 0 Å². The Morgan fingerprint density at radius 2 is 2.00 bits per heavy atom. The molecule has 16 heavy (non-hydrogen) atoms. The fourth-order valence-corrected chi connectivity index (χ4v) is 3.32. The summed E-state index contributed by atoms with van der Waals surface area (Å²) in [5.41, 5.74) is 0. The van der Waals surface area contributed by atoms with E-state index in [0.29, 0.717) is 12.0 Å². The summed E-state index contributed by atoms with van der Waals surface area (Å²) >= 11 is 0. The van der Waals surface area contributed by atoms with Crippen molar-refractivity contribution in [1.82, 2.24) is 5.32 Å². The highest BCUT2D eigenvalue weighted by Gasteiger charge is 2.38. The van der Waals surface area contributed by atoms with Crippen LogP contribution >= 0.6 is 0 Å². The molecule has 0 aromatic heterocycles. The summed E-state index contributed by atoms with van der Waals surface area (Å²) < 4.78 is 0. The van der Waals surface area contributed by atoms with Crippen LogP contribution in [0.5, 0.6) is 0 Å². The smallest absolute Gasteiger partial charge is 0.0587 e. The molecule has 0 aromatic rings. The maximum atomic E-state index is 9.34. The second-order valence-corrected chi connectivity index (χ2v) is 5.93. The van der Waals surface area contributed by atoms with E-state index in [4.69, 9.17) is 0 Å². The molecule has 2 heteroatoms. The molecule has 5 atom stereocenters. The molecule has 92 valence electrons. The fraction of sp³-hybridized carbons (Fsp3) is 0.857. The normalized spacial score (nSPS) is 35.9. The number of fused-ring (bicyclic) bond motifs is 2. The van der Waals surface area contributed by atoms with E-state index in [1.165, 1.54) is 12.8 Å². The van der Waals surface area contributed by atoms with Crippen molar-refractivity contribution >= 4 is 0 Å². The van der Waals surface area contributed by atoms with Crippen LogP contribution in [0.4, 0.5) is 0 Å². The lowest BCUT2D eigenvalue weighted by Crippen LogP contribution is -2.46. The predicted molar refractivity (Wildman–Crippen MR) is 67.2 cm³/mol. The first-order valence-corrected chi connectivity index (χ1v) is 6.67. The van der Waals surface area contributed by atoms with Gasteiger partial charge in [-0.15, -0.1) is 0 Å². The van der Waals surface area contributed by atoms with Gasteiger partial charge in [-0.3, -0.25) is 0 Å². The lowest BCUT2D eigenvalue weighted by molar-refractivity contribution is 0.182. The third-order valence-electron chi connectivity index (χ3n) is 4.45. The van der Waals surface area contributed by atoms with Gasteiger partial charge in [0, 0.05) is 12.1 Å². The number of hydrogen-bond donors (Lipinski definition) is 2. The highest BCUT2D eigenvalue weighted by atomic mass is 16.3. The molecule has 2 rings (SSSR count). The van der Waals surface area contributed by atoms with Crippen LogP contribution in [0, 0.1) is 23.7 Å². The lowest BCUT2D eigenvalue weighted by Gasteiger charge is -2.31. The average molecular weight is 223 g/mol. The number of hydrogen-bond acceptors (Lipinski definition) is 2. The van der Waals surface area contributed by atoms with Crippen molar-refractivity contribution in [1.29, 1.82) is 0 Å². The summed E-state index contributed by atoms with van der Waals surface area (Å²) in [5, 5.41) is 13.0. The van der Waals surface area contributed by atoms with E-state index in [1.54, 1.807) is 0 Å². The van der Waals surface area contributed by atoms with Crippen molar-refractivity contribution in [2.45, 2.75) is 45.7 Å². The maximum Gasteiger partial charge on any atom is 0.0587 e. The molecule has 0 heterocycles. The van der Waals surface area contributed by atoms with Crippen LogP contribution in [0.2, 0.25) is 0 Å². The van der Waals surface area contributed by atoms with Crippen molar-refractivity contribution in [3.05, 3.63) is 12.2 Å². The Morgan fingerprint density at radius 3 is 2.44 bits per heavy atom.